The number of hydrogen-bond donors (Lipinski definition) is 1. The minimum absolute atomic E-state index is 0.0169. The van der Waals surface area contributed by atoms with Gasteiger partial charge in [0, 0.05) is 16.8 Å². The summed E-state index contributed by atoms with van der Waals surface area (Å²) in [6.45, 7) is 2.44. The number of halogens is 1. The van der Waals surface area contributed by atoms with Gasteiger partial charge in [-0.25, -0.2) is 0 Å². The van der Waals surface area contributed by atoms with E-state index in [0.717, 1.165) is 36.6 Å². The van der Waals surface area contributed by atoms with Crippen LogP contribution in [0.25, 0.3) is 0 Å². The van der Waals surface area contributed by atoms with E-state index in [1.54, 1.807) is 12.1 Å². The van der Waals surface area contributed by atoms with Crippen molar-refractivity contribution >= 4 is 23.2 Å². The molecule has 2 aromatic rings. The van der Waals surface area contributed by atoms with Crippen LogP contribution in [0.15, 0.2) is 42.5 Å². The number of nitrogens with zero attached hydrogens (tertiary/aromatic N) is 1. The van der Waals surface area contributed by atoms with Gasteiger partial charge in [0.25, 0.3) is 0 Å². The number of carbonyl (C=O) groups is 1. The largest absolute Gasteiger partial charge is 0.486 e. The monoisotopic (exact) mass is 372 g/mol. The van der Waals surface area contributed by atoms with Crippen molar-refractivity contribution in [1.82, 2.24) is 4.90 Å². The summed E-state index contributed by atoms with van der Waals surface area (Å²) in [6.07, 6.45) is 2.11. The number of ether oxygens (including phenoxy) is 2. The first-order valence-electron chi connectivity index (χ1n) is 8.88. The summed E-state index contributed by atoms with van der Waals surface area (Å²) in [6, 6.07) is 13.5. The summed E-state index contributed by atoms with van der Waals surface area (Å²) in [5.74, 6) is 1.58. The molecule has 1 atom stereocenters. The van der Waals surface area contributed by atoms with Gasteiger partial charge in [0.1, 0.15) is 13.2 Å². The molecule has 0 radical (unpaired) electrons. The van der Waals surface area contributed by atoms with Gasteiger partial charge < -0.3 is 14.8 Å². The van der Waals surface area contributed by atoms with Crippen molar-refractivity contribution in [2.24, 2.45) is 0 Å². The molecule has 1 fully saturated rings. The summed E-state index contributed by atoms with van der Waals surface area (Å²) in [4.78, 5) is 14.7. The lowest BCUT2D eigenvalue weighted by molar-refractivity contribution is -0.117. The van der Waals surface area contributed by atoms with Gasteiger partial charge in [-0.2, -0.15) is 0 Å². The quantitative estimate of drug-likeness (QED) is 0.884. The van der Waals surface area contributed by atoms with Crippen LogP contribution >= 0.6 is 11.6 Å². The van der Waals surface area contributed by atoms with E-state index in [4.69, 9.17) is 21.1 Å². The molecule has 0 aromatic heterocycles. The Labute approximate surface area is 157 Å². The van der Waals surface area contributed by atoms with Crippen LogP contribution in [0, 0.1) is 0 Å². The molecule has 0 aliphatic carbocycles. The van der Waals surface area contributed by atoms with E-state index in [1.807, 2.05) is 18.2 Å². The number of nitrogens with one attached hydrogen (secondary N) is 1. The number of carbonyl (C=O) groups excluding carboxylic acids is 1. The first-order chi connectivity index (χ1) is 12.7. The standard InChI is InChI=1S/C20H21ClN2O3/c21-15-4-6-16(7-5-15)22-20(24)13-23-9-1-2-17(23)14-3-8-18-19(12-14)26-11-10-25-18/h3-8,12,17H,1-2,9-11,13H2,(H,22,24)/t17-/m1/s1. The summed E-state index contributed by atoms with van der Waals surface area (Å²) in [5.41, 5.74) is 1.93. The maximum absolute atomic E-state index is 12.4. The normalized spacial score (nSPS) is 19.3. The molecule has 6 heteroatoms. The van der Waals surface area contributed by atoms with Gasteiger partial charge in [0.15, 0.2) is 11.5 Å². The third kappa shape index (κ3) is 3.79. The second kappa shape index (κ2) is 7.56. The van der Waals surface area contributed by atoms with Crippen LogP contribution in [0.3, 0.4) is 0 Å². The molecule has 2 aliphatic rings. The minimum atomic E-state index is -0.0169. The lowest BCUT2D eigenvalue weighted by Crippen LogP contribution is -2.33. The Morgan fingerprint density at radius 1 is 1.12 bits per heavy atom. The molecule has 2 aliphatic heterocycles. The number of benzene rings is 2. The number of rotatable bonds is 4. The van der Waals surface area contributed by atoms with E-state index in [0.29, 0.717) is 24.8 Å². The molecule has 136 valence electrons. The topological polar surface area (TPSA) is 50.8 Å². The maximum Gasteiger partial charge on any atom is 0.238 e. The fourth-order valence-electron chi connectivity index (χ4n) is 3.58. The third-order valence-electron chi connectivity index (χ3n) is 4.79. The van der Waals surface area contributed by atoms with Gasteiger partial charge in [0.2, 0.25) is 5.91 Å². The predicted octanol–water partition coefficient (Wildman–Crippen LogP) is 3.89. The lowest BCUT2D eigenvalue weighted by atomic mass is 10.0. The fourth-order valence-corrected chi connectivity index (χ4v) is 3.70. The average Bonchev–Trinajstić information content (AvgIpc) is 3.11. The third-order valence-corrected chi connectivity index (χ3v) is 5.04. The Morgan fingerprint density at radius 3 is 2.69 bits per heavy atom. The van der Waals surface area contributed by atoms with Gasteiger partial charge in [-0.3, -0.25) is 9.69 Å². The Balaban J connectivity index is 1.43. The molecule has 5 nitrogen and oxygen atoms in total. The van der Waals surface area contributed by atoms with Crippen LogP contribution in [-0.4, -0.2) is 37.1 Å². The van der Waals surface area contributed by atoms with Crippen molar-refractivity contribution in [3.63, 3.8) is 0 Å². The molecule has 26 heavy (non-hydrogen) atoms. The highest BCUT2D eigenvalue weighted by Gasteiger charge is 2.28. The molecule has 0 unspecified atom stereocenters. The Morgan fingerprint density at radius 2 is 1.88 bits per heavy atom. The highest BCUT2D eigenvalue weighted by molar-refractivity contribution is 6.30. The van der Waals surface area contributed by atoms with E-state index in [9.17, 15) is 4.79 Å². The van der Waals surface area contributed by atoms with Gasteiger partial charge in [-0.05, 0) is 61.3 Å². The lowest BCUT2D eigenvalue weighted by Gasteiger charge is -2.26. The van der Waals surface area contributed by atoms with Crippen LogP contribution in [-0.2, 0) is 4.79 Å². The molecule has 1 amide bonds. The van der Waals surface area contributed by atoms with Crippen LogP contribution < -0.4 is 14.8 Å². The molecule has 2 heterocycles. The number of fused-ring (bicyclic) bond motifs is 1. The Bertz CT molecular complexity index is 794. The molecular formula is C20H21ClN2O3. The second-order valence-electron chi connectivity index (χ2n) is 6.59. The van der Waals surface area contributed by atoms with Crippen molar-refractivity contribution < 1.29 is 14.3 Å². The van der Waals surface area contributed by atoms with E-state index < -0.39 is 0 Å². The molecule has 0 saturated carbocycles. The van der Waals surface area contributed by atoms with Gasteiger partial charge in [-0.15, -0.1) is 0 Å². The second-order valence-corrected chi connectivity index (χ2v) is 7.02. The van der Waals surface area contributed by atoms with Gasteiger partial charge >= 0.3 is 0 Å². The first kappa shape index (κ1) is 17.2. The zero-order chi connectivity index (χ0) is 17.9. The van der Waals surface area contributed by atoms with Gasteiger partial charge in [0.05, 0.1) is 6.54 Å². The van der Waals surface area contributed by atoms with E-state index in [1.165, 1.54) is 5.56 Å². The predicted molar refractivity (Wildman–Crippen MR) is 101 cm³/mol. The zero-order valence-electron chi connectivity index (χ0n) is 14.4. The summed E-state index contributed by atoms with van der Waals surface area (Å²) in [7, 11) is 0. The fraction of sp³-hybridized carbons (Fsp3) is 0.350. The van der Waals surface area contributed by atoms with Crippen LogP contribution in [0.1, 0.15) is 24.4 Å². The highest BCUT2D eigenvalue weighted by atomic mass is 35.5. The SMILES string of the molecule is O=C(CN1CCC[C@@H]1c1ccc2c(c1)OCCO2)Nc1ccc(Cl)cc1. The number of amides is 1. The summed E-state index contributed by atoms with van der Waals surface area (Å²) >= 11 is 5.88. The smallest absolute Gasteiger partial charge is 0.238 e. The Hall–Kier alpha value is -2.24. The summed E-state index contributed by atoms with van der Waals surface area (Å²) < 4.78 is 11.3. The van der Waals surface area contributed by atoms with Gasteiger partial charge in [-0.1, -0.05) is 17.7 Å². The van der Waals surface area contributed by atoms with E-state index in [-0.39, 0.29) is 11.9 Å². The van der Waals surface area contributed by atoms with E-state index in [2.05, 4.69) is 22.3 Å². The molecular weight excluding hydrogens is 352 g/mol. The van der Waals surface area contributed by atoms with E-state index >= 15 is 0 Å². The van der Waals surface area contributed by atoms with Crippen molar-refractivity contribution in [2.75, 3.05) is 31.6 Å². The number of likely N-dealkylation sites (tertiary alicyclic amines) is 1. The van der Waals surface area contributed by atoms with Crippen LogP contribution in [0.2, 0.25) is 5.02 Å². The summed E-state index contributed by atoms with van der Waals surface area (Å²) in [5, 5.41) is 3.59. The highest BCUT2D eigenvalue weighted by Crippen LogP contribution is 2.37. The number of anilines is 1. The zero-order valence-corrected chi connectivity index (χ0v) is 15.2. The Kier molecular flexibility index (Phi) is 5.00. The van der Waals surface area contributed by atoms with Crippen molar-refractivity contribution in [3.8, 4) is 11.5 Å². The van der Waals surface area contributed by atoms with Crippen molar-refractivity contribution in [2.45, 2.75) is 18.9 Å². The maximum atomic E-state index is 12.4. The van der Waals surface area contributed by atoms with Crippen molar-refractivity contribution in [1.29, 1.82) is 0 Å². The molecule has 2 aromatic carbocycles. The van der Waals surface area contributed by atoms with Crippen LogP contribution in [0.4, 0.5) is 5.69 Å². The van der Waals surface area contributed by atoms with Crippen LogP contribution in [0.5, 0.6) is 11.5 Å². The number of hydrogen-bond acceptors (Lipinski definition) is 4. The minimum Gasteiger partial charge on any atom is -0.486 e. The average molecular weight is 373 g/mol. The first-order valence-corrected chi connectivity index (χ1v) is 9.26. The van der Waals surface area contributed by atoms with Crippen molar-refractivity contribution in [3.05, 3.63) is 53.1 Å². The molecule has 0 spiro atoms. The molecule has 4 rings (SSSR count). The molecule has 1 N–H and O–H groups in total. The molecule has 1 saturated heterocycles. The molecule has 0 bridgehead atoms.